The van der Waals surface area contributed by atoms with E-state index in [0.29, 0.717) is 5.92 Å². The molecule has 0 radical (unpaired) electrons. The maximum Gasteiger partial charge on any atom is 0.202 e. The van der Waals surface area contributed by atoms with Crippen LogP contribution in [-0.4, -0.2) is 27.1 Å². The van der Waals surface area contributed by atoms with Crippen molar-refractivity contribution in [1.82, 2.24) is 9.36 Å². The third-order valence-corrected chi connectivity index (χ3v) is 2.74. The number of hydrogen-bond acceptors (Lipinski definition) is 5. The van der Waals surface area contributed by atoms with Gasteiger partial charge in [0, 0.05) is 18.1 Å². The number of aromatic nitrogens is 2. The lowest BCUT2D eigenvalue weighted by atomic mass is 9.82. The van der Waals surface area contributed by atoms with Crippen LogP contribution < -0.4 is 5.32 Å². The molecule has 1 aromatic heterocycles. The first kappa shape index (κ1) is 7.94. The molecule has 0 bridgehead atoms. The van der Waals surface area contributed by atoms with Gasteiger partial charge in [-0.2, -0.15) is 4.37 Å². The van der Waals surface area contributed by atoms with Crippen LogP contribution >= 0.6 is 11.5 Å². The highest BCUT2D eigenvalue weighted by molar-refractivity contribution is 7.09. The Bertz CT molecular complexity index is 233. The summed E-state index contributed by atoms with van der Waals surface area (Å²) in [5.74, 6) is 0.615. The van der Waals surface area contributed by atoms with E-state index in [9.17, 15) is 0 Å². The van der Waals surface area contributed by atoms with Crippen LogP contribution in [0, 0.1) is 5.92 Å². The van der Waals surface area contributed by atoms with E-state index in [1.165, 1.54) is 11.5 Å². The lowest BCUT2D eigenvalue weighted by Crippen LogP contribution is -2.33. The van der Waals surface area contributed by atoms with Crippen LogP contribution in [0.25, 0.3) is 0 Å². The van der Waals surface area contributed by atoms with Crippen LogP contribution in [0.1, 0.15) is 12.8 Å². The number of rotatable bonds is 3. The fourth-order valence-corrected chi connectivity index (χ4v) is 1.79. The Morgan fingerprint density at radius 1 is 1.67 bits per heavy atom. The molecular weight excluding hydrogens is 174 g/mol. The van der Waals surface area contributed by atoms with Crippen molar-refractivity contribution in [2.75, 3.05) is 11.9 Å². The standard InChI is InChI=1S/C7H11N3OS/c11-6-1-5(2-6)3-8-7-9-4-10-12-7/h4-6,11H,1-3H2,(H,8,9,10). The predicted octanol–water partition coefficient (Wildman–Crippen LogP) is 0.721. The monoisotopic (exact) mass is 185 g/mol. The van der Waals surface area contributed by atoms with Crippen molar-refractivity contribution in [1.29, 1.82) is 0 Å². The van der Waals surface area contributed by atoms with Gasteiger partial charge in [-0.1, -0.05) is 0 Å². The van der Waals surface area contributed by atoms with Crippen molar-refractivity contribution >= 4 is 16.7 Å². The SMILES string of the molecule is OC1CC(CNc2ncns2)C1. The Kier molecular flexibility index (Phi) is 2.23. The quantitative estimate of drug-likeness (QED) is 0.728. The molecule has 12 heavy (non-hydrogen) atoms. The maximum atomic E-state index is 9.02. The number of anilines is 1. The highest BCUT2D eigenvalue weighted by atomic mass is 32.1. The zero-order valence-electron chi connectivity index (χ0n) is 6.60. The van der Waals surface area contributed by atoms with E-state index in [4.69, 9.17) is 5.11 Å². The van der Waals surface area contributed by atoms with Crippen LogP contribution in [0.3, 0.4) is 0 Å². The second-order valence-electron chi connectivity index (χ2n) is 3.12. The van der Waals surface area contributed by atoms with Gasteiger partial charge in [0.05, 0.1) is 6.10 Å². The molecule has 66 valence electrons. The van der Waals surface area contributed by atoms with Gasteiger partial charge in [-0.25, -0.2) is 4.98 Å². The van der Waals surface area contributed by atoms with Gasteiger partial charge >= 0.3 is 0 Å². The minimum atomic E-state index is -0.0637. The molecule has 0 aromatic carbocycles. The topological polar surface area (TPSA) is 58.0 Å². The number of nitrogens with zero attached hydrogens (tertiary/aromatic N) is 2. The molecule has 5 heteroatoms. The van der Waals surface area contributed by atoms with Gasteiger partial charge < -0.3 is 10.4 Å². The van der Waals surface area contributed by atoms with Crippen LogP contribution in [0.2, 0.25) is 0 Å². The summed E-state index contributed by atoms with van der Waals surface area (Å²) in [6, 6.07) is 0. The smallest absolute Gasteiger partial charge is 0.202 e. The largest absolute Gasteiger partial charge is 0.393 e. The molecular formula is C7H11N3OS. The van der Waals surface area contributed by atoms with Crippen LogP contribution in [0.4, 0.5) is 5.13 Å². The average Bonchev–Trinajstić information content (AvgIpc) is 2.47. The van der Waals surface area contributed by atoms with E-state index in [-0.39, 0.29) is 6.10 Å². The molecule has 1 fully saturated rings. The van der Waals surface area contributed by atoms with E-state index in [2.05, 4.69) is 14.7 Å². The molecule has 0 unspecified atom stereocenters. The molecule has 0 aliphatic heterocycles. The summed E-state index contributed by atoms with van der Waals surface area (Å²) in [7, 11) is 0. The molecule has 1 saturated carbocycles. The third kappa shape index (κ3) is 1.73. The number of aliphatic hydroxyl groups is 1. The minimum absolute atomic E-state index is 0.0637. The van der Waals surface area contributed by atoms with Gasteiger partial charge in [-0.15, -0.1) is 0 Å². The predicted molar refractivity (Wildman–Crippen MR) is 47.1 cm³/mol. The molecule has 2 N–H and O–H groups in total. The first-order chi connectivity index (χ1) is 5.84. The normalized spacial score (nSPS) is 28.1. The third-order valence-electron chi connectivity index (χ3n) is 2.11. The fraction of sp³-hybridized carbons (Fsp3) is 0.714. The average molecular weight is 185 g/mol. The molecule has 0 spiro atoms. The van der Waals surface area contributed by atoms with Gasteiger partial charge in [0.1, 0.15) is 6.33 Å². The van der Waals surface area contributed by atoms with E-state index in [1.54, 1.807) is 6.33 Å². The summed E-state index contributed by atoms with van der Waals surface area (Å²) in [4.78, 5) is 4.00. The minimum Gasteiger partial charge on any atom is -0.393 e. The molecule has 1 aliphatic carbocycles. The highest BCUT2D eigenvalue weighted by Crippen LogP contribution is 2.27. The molecule has 2 rings (SSSR count). The van der Waals surface area contributed by atoms with Crippen molar-refractivity contribution in [3.63, 3.8) is 0 Å². The molecule has 0 saturated heterocycles. The fourth-order valence-electron chi connectivity index (χ4n) is 1.35. The zero-order valence-corrected chi connectivity index (χ0v) is 7.42. The van der Waals surface area contributed by atoms with Crippen molar-refractivity contribution in [2.24, 2.45) is 5.92 Å². The molecule has 0 atom stereocenters. The summed E-state index contributed by atoms with van der Waals surface area (Å²) in [5.41, 5.74) is 0. The van der Waals surface area contributed by atoms with E-state index in [0.717, 1.165) is 24.5 Å². The second-order valence-corrected chi connectivity index (χ2v) is 3.90. The van der Waals surface area contributed by atoms with Gasteiger partial charge in [0.2, 0.25) is 5.13 Å². The molecule has 4 nitrogen and oxygen atoms in total. The van der Waals surface area contributed by atoms with Crippen molar-refractivity contribution < 1.29 is 5.11 Å². The first-order valence-electron chi connectivity index (χ1n) is 4.03. The van der Waals surface area contributed by atoms with Crippen molar-refractivity contribution in [3.05, 3.63) is 6.33 Å². The van der Waals surface area contributed by atoms with E-state index in [1.807, 2.05) is 0 Å². The second kappa shape index (κ2) is 3.37. The van der Waals surface area contributed by atoms with Crippen molar-refractivity contribution in [2.45, 2.75) is 18.9 Å². The van der Waals surface area contributed by atoms with Crippen LogP contribution in [0.15, 0.2) is 6.33 Å². The summed E-state index contributed by atoms with van der Waals surface area (Å²) < 4.78 is 3.88. The lowest BCUT2D eigenvalue weighted by Gasteiger charge is -2.31. The molecule has 1 aromatic rings. The summed E-state index contributed by atoms with van der Waals surface area (Å²) >= 11 is 1.37. The van der Waals surface area contributed by atoms with Gasteiger partial charge in [-0.05, 0) is 18.8 Å². The van der Waals surface area contributed by atoms with E-state index < -0.39 is 0 Å². The molecule has 1 aliphatic rings. The zero-order chi connectivity index (χ0) is 8.39. The Hall–Kier alpha value is -0.680. The van der Waals surface area contributed by atoms with Gasteiger partial charge in [0.25, 0.3) is 0 Å². The van der Waals surface area contributed by atoms with Crippen LogP contribution in [-0.2, 0) is 0 Å². The number of aliphatic hydroxyl groups excluding tert-OH is 1. The highest BCUT2D eigenvalue weighted by Gasteiger charge is 2.26. The molecule has 1 heterocycles. The Labute approximate surface area is 74.8 Å². The summed E-state index contributed by atoms with van der Waals surface area (Å²) in [6.07, 6.45) is 3.33. The van der Waals surface area contributed by atoms with Gasteiger partial charge in [-0.3, -0.25) is 0 Å². The van der Waals surface area contributed by atoms with E-state index >= 15 is 0 Å². The summed E-state index contributed by atoms with van der Waals surface area (Å²) in [6.45, 7) is 0.909. The van der Waals surface area contributed by atoms with Crippen LogP contribution in [0.5, 0.6) is 0 Å². The Morgan fingerprint density at radius 2 is 2.50 bits per heavy atom. The maximum absolute atomic E-state index is 9.02. The Balaban J connectivity index is 1.70. The van der Waals surface area contributed by atoms with Crippen molar-refractivity contribution in [3.8, 4) is 0 Å². The lowest BCUT2D eigenvalue weighted by molar-refractivity contribution is 0.0487. The number of nitrogens with one attached hydrogen (secondary N) is 1. The summed E-state index contributed by atoms with van der Waals surface area (Å²) in [5, 5.41) is 13.1. The number of hydrogen-bond donors (Lipinski definition) is 2. The molecule has 0 amide bonds. The van der Waals surface area contributed by atoms with Gasteiger partial charge in [0.15, 0.2) is 0 Å². The first-order valence-corrected chi connectivity index (χ1v) is 4.80. The Morgan fingerprint density at radius 3 is 3.08 bits per heavy atom.